The molecule has 0 amide bonds. The average molecular weight is 263 g/mol. The minimum Gasteiger partial charge on any atom is -0.496 e. The summed E-state index contributed by atoms with van der Waals surface area (Å²) in [7, 11) is 3.47. The number of aryl methyl sites for hydroxylation is 1. The number of methoxy groups -OCH3 is 1. The maximum Gasteiger partial charge on any atom is 0.325 e. The van der Waals surface area contributed by atoms with Gasteiger partial charge < -0.3 is 9.84 Å². The van der Waals surface area contributed by atoms with Crippen molar-refractivity contribution in [3.8, 4) is 5.75 Å². The molecule has 1 atom stereocenters. The van der Waals surface area contributed by atoms with Crippen molar-refractivity contribution < 1.29 is 14.6 Å². The molecule has 0 aliphatic heterocycles. The molecule has 4 nitrogen and oxygen atoms in total. The smallest absolute Gasteiger partial charge is 0.325 e. The van der Waals surface area contributed by atoms with Gasteiger partial charge >= 0.3 is 5.97 Å². The number of carboxylic acids is 1. The van der Waals surface area contributed by atoms with Gasteiger partial charge in [0, 0.05) is 11.6 Å². The van der Waals surface area contributed by atoms with E-state index in [9.17, 15) is 9.90 Å². The molecule has 104 valence electrons. The highest BCUT2D eigenvalue weighted by Crippen LogP contribution is 2.36. The highest BCUT2D eigenvalue weighted by atomic mass is 16.5. The molecule has 0 saturated heterocycles. The van der Waals surface area contributed by atoms with Crippen LogP contribution in [0.2, 0.25) is 0 Å². The number of aliphatic carboxylic acids is 1. The first-order valence-corrected chi connectivity index (χ1v) is 6.70. The highest BCUT2D eigenvalue weighted by Gasteiger charge is 2.37. The third-order valence-corrected chi connectivity index (χ3v) is 3.76. The van der Waals surface area contributed by atoms with Crippen LogP contribution in [0.25, 0.3) is 0 Å². The van der Waals surface area contributed by atoms with Gasteiger partial charge in [0.15, 0.2) is 0 Å². The zero-order valence-corrected chi connectivity index (χ0v) is 11.7. The summed E-state index contributed by atoms with van der Waals surface area (Å²) in [5.41, 5.74) is 1.88. The summed E-state index contributed by atoms with van der Waals surface area (Å²) >= 11 is 0. The van der Waals surface area contributed by atoms with E-state index in [0.717, 1.165) is 30.4 Å². The van der Waals surface area contributed by atoms with E-state index in [1.807, 2.05) is 30.1 Å². The lowest BCUT2D eigenvalue weighted by Gasteiger charge is -2.26. The number of carbonyl (C=O) groups is 1. The standard InChI is InChI=1S/C15H21NO3/c1-4-10-5-8-13(19-3)12(9-10)14(15(17)18)16(2)11-6-7-11/h5,8-9,11,14H,4,6-7H2,1-3H3,(H,17,18). The summed E-state index contributed by atoms with van der Waals surface area (Å²) in [4.78, 5) is 13.6. The van der Waals surface area contributed by atoms with Crippen LogP contribution in [-0.4, -0.2) is 36.2 Å². The number of benzene rings is 1. The predicted molar refractivity (Wildman–Crippen MR) is 73.5 cm³/mol. The molecule has 4 heteroatoms. The SMILES string of the molecule is CCc1ccc(OC)c(C(C(=O)O)N(C)C2CC2)c1. The number of carboxylic acid groups (broad SMARTS) is 1. The van der Waals surface area contributed by atoms with Gasteiger partial charge in [0.25, 0.3) is 0 Å². The average Bonchev–Trinajstić information content (AvgIpc) is 3.22. The Labute approximate surface area is 114 Å². The van der Waals surface area contributed by atoms with Crippen LogP contribution in [0.1, 0.15) is 36.9 Å². The van der Waals surface area contributed by atoms with Crippen LogP contribution in [0.3, 0.4) is 0 Å². The molecule has 0 spiro atoms. The van der Waals surface area contributed by atoms with E-state index in [-0.39, 0.29) is 0 Å². The number of likely N-dealkylation sites (N-methyl/N-ethyl adjacent to an activating group) is 1. The van der Waals surface area contributed by atoms with Crippen molar-refractivity contribution in [3.05, 3.63) is 29.3 Å². The number of nitrogens with zero attached hydrogens (tertiary/aromatic N) is 1. The van der Waals surface area contributed by atoms with E-state index in [4.69, 9.17) is 4.74 Å². The number of hydrogen-bond donors (Lipinski definition) is 1. The topological polar surface area (TPSA) is 49.8 Å². The Morgan fingerprint density at radius 1 is 1.53 bits per heavy atom. The summed E-state index contributed by atoms with van der Waals surface area (Å²) in [6.07, 6.45) is 3.04. The summed E-state index contributed by atoms with van der Waals surface area (Å²) in [5.74, 6) is -0.168. The summed E-state index contributed by atoms with van der Waals surface area (Å²) in [6, 6.07) is 5.56. The Bertz CT molecular complexity index is 468. The van der Waals surface area contributed by atoms with Crippen LogP contribution in [0.4, 0.5) is 0 Å². The minimum atomic E-state index is -0.819. The molecule has 0 heterocycles. The molecular weight excluding hydrogens is 242 g/mol. The molecule has 1 saturated carbocycles. The molecule has 0 aromatic heterocycles. The second-order valence-electron chi connectivity index (χ2n) is 5.07. The normalized spacial score (nSPS) is 16.4. The second-order valence-corrected chi connectivity index (χ2v) is 5.07. The molecule has 1 N–H and O–H groups in total. The van der Waals surface area contributed by atoms with E-state index >= 15 is 0 Å². The Morgan fingerprint density at radius 2 is 2.21 bits per heavy atom. The number of ether oxygens (including phenoxy) is 1. The van der Waals surface area contributed by atoms with Gasteiger partial charge in [-0.15, -0.1) is 0 Å². The van der Waals surface area contributed by atoms with E-state index < -0.39 is 12.0 Å². The zero-order valence-electron chi connectivity index (χ0n) is 11.7. The van der Waals surface area contributed by atoms with Crippen molar-refractivity contribution in [3.63, 3.8) is 0 Å². The Morgan fingerprint density at radius 3 is 2.68 bits per heavy atom. The molecule has 2 rings (SSSR count). The third-order valence-electron chi connectivity index (χ3n) is 3.76. The van der Waals surface area contributed by atoms with Gasteiger partial charge in [0.2, 0.25) is 0 Å². The van der Waals surface area contributed by atoms with Crippen molar-refractivity contribution in [2.24, 2.45) is 0 Å². The van der Waals surface area contributed by atoms with Crippen molar-refractivity contribution in [2.75, 3.05) is 14.2 Å². The van der Waals surface area contributed by atoms with Crippen molar-refractivity contribution in [2.45, 2.75) is 38.3 Å². The van der Waals surface area contributed by atoms with Crippen LogP contribution < -0.4 is 4.74 Å². The van der Waals surface area contributed by atoms with Gasteiger partial charge in [0.1, 0.15) is 11.8 Å². The van der Waals surface area contributed by atoms with Crippen molar-refractivity contribution in [1.29, 1.82) is 0 Å². The summed E-state index contributed by atoms with van der Waals surface area (Å²) in [6.45, 7) is 2.06. The Balaban J connectivity index is 2.41. The molecule has 1 unspecified atom stereocenters. The Kier molecular flexibility index (Phi) is 4.10. The van der Waals surface area contributed by atoms with Crippen LogP contribution in [0.5, 0.6) is 5.75 Å². The molecule has 1 aliphatic carbocycles. The number of hydrogen-bond acceptors (Lipinski definition) is 3. The van der Waals surface area contributed by atoms with E-state index in [2.05, 4.69) is 6.92 Å². The predicted octanol–water partition coefficient (Wildman–Crippen LogP) is 2.48. The van der Waals surface area contributed by atoms with E-state index in [1.54, 1.807) is 7.11 Å². The molecule has 1 aromatic carbocycles. The van der Waals surface area contributed by atoms with Crippen LogP contribution in [-0.2, 0) is 11.2 Å². The number of rotatable bonds is 6. The molecule has 0 radical (unpaired) electrons. The quantitative estimate of drug-likeness (QED) is 0.856. The van der Waals surface area contributed by atoms with Gasteiger partial charge in [0.05, 0.1) is 7.11 Å². The lowest BCUT2D eigenvalue weighted by atomic mass is 10.00. The second kappa shape index (κ2) is 5.61. The molecule has 0 bridgehead atoms. The lowest BCUT2D eigenvalue weighted by molar-refractivity contribution is -0.143. The Hall–Kier alpha value is -1.55. The third kappa shape index (κ3) is 2.89. The minimum absolute atomic E-state index is 0.385. The van der Waals surface area contributed by atoms with Crippen LogP contribution >= 0.6 is 0 Å². The van der Waals surface area contributed by atoms with E-state index in [1.165, 1.54) is 0 Å². The molecule has 1 fully saturated rings. The van der Waals surface area contributed by atoms with Gasteiger partial charge in [-0.1, -0.05) is 13.0 Å². The largest absolute Gasteiger partial charge is 0.496 e. The van der Waals surface area contributed by atoms with Crippen molar-refractivity contribution in [1.82, 2.24) is 4.90 Å². The monoisotopic (exact) mass is 263 g/mol. The maximum absolute atomic E-state index is 11.6. The molecule has 1 aromatic rings. The fourth-order valence-electron chi connectivity index (χ4n) is 2.44. The van der Waals surface area contributed by atoms with Gasteiger partial charge in [-0.3, -0.25) is 9.69 Å². The molecular formula is C15H21NO3. The maximum atomic E-state index is 11.6. The first kappa shape index (κ1) is 13.9. The molecule has 1 aliphatic rings. The van der Waals surface area contributed by atoms with Crippen LogP contribution in [0, 0.1) is 0 Å². The summed E-state index contributed by atoms with van der Waals surface area (Å²) < 4.78 is 5.34. The fraction of sp³-hybridized carbons (Fsp3) is 0.533. The highest BCUT2D eigenvalue weighted by molar-refractivity contribution is 5.77. The van der Waals surface area contributed by atoms with Crippen molar-refractivity contribution >= 4 is 5.97 Å². The van der Waals surface area contributed by atoms with Gasteiger partial charge in [-0.2, -0.15) is 0 Å². The molecule has 19 heavy (non-hydrogen) atoms. The fourth-order valence-corrected chi connectivity index (χ4v) is 2.44. The van der Waals surface area contributed by atoms with Gasteiger partial charge in [-0.05, 0) is 44.0 Å². The first-order valence-electron chi connectivity index (χ1n) is 6.70. The van der Waals surface area contributed by atoms with Gasteiger partial charge in [-0.25, -0.2) is 0 Å². The lowest BCUT2D eigenvalue weighted by Crippen LogP contribution is -2.32. The first-order chi connectivity index (χ1) is 9.08. The van der Waals surface area contributed by atoms with Crippen LogP contribution in [0.15, 0.2) is 18.2 Å². The zero-order chi connectivity index (χ0) is 14.0. The van der Waals surface area contributed by atoms with E-state index in [0.29, 0.717) is 11.8 Å². The summed E-state index contributed by atoms with van der Waals surface area (Å²) in [5, 5.41) is 9.56.